The molecule has 2 aromatic rings. The van der Waals surface area contributed by atoms with Gasteiger partial charge in [-0.05, 0) is 31.5 Å². The molecule has 0 saturated heterocycles. The number of nitrogens with zero attached hydrogens (tertiary/aromatic N) is 1. The summed E-state index contributed by atoms with van der Waals surface area (Å²) in [6.07, 6.45) is -0.821. The molecule has 0 heterocycles. The standard InChI is InChI=1S/C21H22N2O8/c1-3-29-19(24)18(20(25)30-4-2)16-11-10-15(12-17(16)23(27)28)22-21(26)31-13-14-8-6-5-7-9-14/h5-12,18H,3-4,13H2,1-2H3,(H,22,26). The van der Waals surface area contributed by atoms with Crippen LogP contribution in [-0.4, -0.2) is 36.2 Å². The summed E-state index contributed by atoms with van der Waals surface area (Å²) < 4.78 is 14.8. The third-order valence-electron chi connectivity index (χ3n) is 4.04. The second-order valence-electron chi connectivity index (χ2n) is 6.15. The molecule has 0 saturated carbocycles. The molecule has 1 N–H and O–H groups in total. The first kappa shape index (κ1) is 23.3. The van der Waals surface area contributed by atoms with Gasteiger partial charge in [-0.2, -0.15) is 0 Å². The number of anilines is 1. The maximum absolute atomic E-state index is 12.3. The van der Waals surface area contributed by atoms with Crippen LogP contribution >= 0.6 is 0 Å². The van der Waals surface area contributed by atoms with Gasteiger partial charge in [-0.3, -0.25) is 25.0 Å². The molecule has 0 atom stereocenters. The lowest BCUT2D eigenvalue weighted by Gasteiger charge is -2.15. The zero-order valence-corrected chi connectivity index (χ0v) is 17.0. The Balaban J connectivity index is 2.24. The first-order chi connectivity index (χ1) is 14.9. The zero-order chi connectivity index (χ0) is 22.8. The quantitative estimate of drug-likeness (QED) is 0.210. The largest absolute Gasteiger partial charge is 0.465 e. The minimum absolute atomic E-state index is 0.0145. The number of carbonyl (C=O) groups is 3. The van der Waals surface area contributed by atoms with E-state index in [1.54, 1.807) is 38.1 Å². The first-order valence-electron chi connectivity index (χ1n) is 9.46. The number of nitro benzene ring substituents is 1. The molecule has 2 aromatic carbocycles. The predicted molar refractivity (Wildman–Crippen MR) is 109 cm³/mol. The van der Waals surface area contributed by atoms with Crippen molar-refractivity contribution in [3.8, 4) is 0 Å². The van der Waals surface area contributed by atoms with E-state index in [0.29, 0.717) is 0 Å². The molecule has 1 amide bonds. The van der Waals surface area contributed by atoms with Crippen molar-refractivity contribution < 1.29 is 33.5 Å². The van der Waals surface area contributed by atoms with Crippen LogP contribution in [0.3, 0.4) is 0 Å². The molecule has 31 heavy (non-hydrogen) atoms. The van der Waals surface area contributed by atoms with Crippen molar-refractivity contribution in [1.29, 1.82) is 0 Å². The lowest BCUT2D eigenvalue weighted by Crippen LogP contribution is -2.27. The summed E-state index contributed by atoms with van der Waals surface area (Å²) in [6, 6.07) is 12.5. The number of hydrogen-bond acceptors (Lipinski definition) is 8. The smallest absolute Gasteiger partial charge is 0.411 e. The Morgan fingerprint density at radius 1 is 0.968 bits per heavy atom. The zero-order valence-electron chi connectivity index (χ0n) is 17.0. The molecule has 2 rings (SSSR count). The Kier molecular flexibility index (Phi) is 8.50. The van der Waals surface area contributed by atoms with Gasteiger partial charge in [0.25, 0.3) is 5.69 Å². The molecule has 0 aliphatic carbocycles. The second kappa shape index (κ2) is 11.3. The Morgan fingerprint density at radius 3 is 2.13 bits per heavy atom. The van der Waals surface area contributed by atoms with E-state index in [4.69, 9.17) is 14.2 Å². The third-order valence-corrected chi connectivity index (χ3v) is 4.04. The number of nitrogens with one attached hydrogen (secondary N) is 1. The van der Waals surface area contributed by atoms with Crippen molar-refractivity contribution >= 4 is 29.4 Å². The highest BCUT2D eigenvalue weighted by Gasteiger charge is 2.37. The van der Waals surface area contributed by atoms with E-state index in [9.17, 15) is 24.5 Å². The highest BCUT2D eigenvalue weighted by atomic mass is 16.6. The number of nitro groups is 1. The molecule has 0 fully saturated rings. The predicted octanol–water partition coefficient (Wildman–Crippen LogP) is 3.55. The minimum Gasteiger partial charge on any atom is -0.465 e. The molecular weight excluding hydrogens is 408 g/mol. The van der Waals surface area contributed by atoms with Crippen LogP contribution in [0.5, 0.6) is 0 Å². The maximum atomic E-state index is 12.3. The molecule has 10 nitrogen and oxygen atoms in total. The number of rotatable bonds is 9. The first-order valence-corrected chi connectivity index (χ1v) is 9.46. The van der Waals surface area contributed by atoms with Gasteiger partial charge in [-0.15, -0.1) is 0 Å². The summed E-state index contributed by atoms with van der Waals surface area (Å²) >= 11 is 0. The van der Waals surface area contributed by atoms with Gasteiger partial charge in [0, 0.05) is 6.07 Å². The van der Waals surface area contributed by atoms with Crippen molar-refractivity contribution in [2.75, 3.05) is 18.5 Å². The fourth-order valence-corrected chi connectivity index (χ4v) is 2.70. The van der Waals surface area contributed by atoms with Gasteiger partial charge in [0.05, 0.1) is 29.4 Å². The second-order valence-corrected chi connectivity index (χ2v) is 6.15. The minimum atomic E-state index is -1.63. The topological polar surface area (TPSA) is 134 Å². The van der Waals surface area contributed by atoms with Crippen LogP contribution in [0.4, 0.5) is 16.2 Å². The Labute approximate surface area is 178 Å². The lowest BCUT2D eigenvalue weighted by atomic mass is 9.97. The van der Waals surface area contributed by atoms with Gasteiger partial charge in [0.2, 0.25) is 0 Å². The lowest BCUT2D eigenvalue weighted by molar-refractivity contribution is -0.385. The Hall–Kier alpha value is -3.95. The summed E-state index contributed by atoms with van der Waals surface area (Å²) in [6.45, 7) is 3.07. The molecular formula is C21H22N2O8. The number of hydrogen-bond donors (Lipinski definition) is 1. The van der Waals surface area contributed by atoms with Gasteiger partial charge in [0.15, 0.2) is 5.92 Å². The van der Waals surface area contributed by atoms with Gasteiger partial charge in [-0.25, -0.2) is 4.79 Å². The van der Waals surface area contributed by atoms with Crippen molar-refractivity contribution in [3.05, 3.63) is 69.8 Å². The molecule has 0 spiro atoms. The van der Waals surface area contributed by atoms with E-state index < -0.39 is 34.6 Å². The number of carbonyl (C=O) groups excluding carboxylic acids is 3. The van der Waals surface area contributed by atoms with Crippen LogP contribution in [0.15, 0.2) is 48.5 Å². The highest BCUT2D eigenvalue weighted by molar-refractivity contribution is 6.02. The van der Waals surface area contributed by atoms with E-state index in [1.165, 1.54) is 12.1 Å². The van der Waals surface area contributed by atoms with E-state index in [-0.39, 0.29) is 31.1 Å². The molecule has 0 aliphatic heterocycles. The van der Waals surface area contributed by atoms with Crippen LogP contribution in [0.1, 0.15) is 30.9 Å². The number of benzene rings is 2. The Bertz CT molecular complexity index is 928. The van der Waals surface area contributed by atoms with E-state index in [1.807, 2.05) is 6.07 Å². The molecule has 0 unspecified atom stereocenters. The van der Waals surface area contributed by atoms with E-state index in [0.717, 1.165) is 11.6 Å². The van der Waals surface area contributed by atoms with Gasteiger partial charge < -0.3 is 14.2 Å². The van der Waals surface area contributed by atoms with Crippen LogP contribution in [0, 0.1) is 10.1 Å². The number of ether oxygens (including phenoxy) is 3. The van der Waals surface area contributed by atoms with Crippen LogP contribution in [0.2, 0.25) is 0 Å². The average Bonchev–Trinajstić information content (AvgIpc) is 2.74. The van der Waals surface area contributed by atoms with Gasteiger partial charge in [-0.1, -0.05) is 30.3 Å². The van der Waals surface area contributed by atoms with Crippen LogP contribution < -0.4 is 5.32 Å². The van der Waals surface area contributed by atoms with Crippen molar-refractivity contribution in [1.82, 2.24) is 0 Å². The fourth-order valence-electron chi connectivity index (χ4n) is 2.70. The summed E-state index contributed by atoms with van der Waals surface area (Å²) in [5.41, 5.74) is 0.0720. The SMILES string of the molecule is CCOC(=O)C(C(=O)OCC)c1ccc(NC(=O)OCc2ccccc2)cc1[N+](=O)[O-]. The molecule has 0 radical (unpaired) electrons. The molecule has 0 bridgehead atoms. The number of esters is 2. The van der Waals surface area contributed by atoms with Crippen LogP contribution in [0.25, 0.3) is 0 Å². The molecule has 10 heteroatoms. The van der Waals surface area contributed by atoms with Gasteiger partial charge >= 0.3 is 18.0 Å². The fraction of sp³-hybridized carbons (Fsp3) is 0.286. The van der Waals surface area contributed by atoms with E-state index in [2.05, 4.69) is 5.32 Å². The summed E-state index contributed by atoms with van der Waals surface area (Å²) in [4.78, 5) is 47.4. The third kappa shape index (κ3) is 6.53. The Morgan fingerprint density at radius 2 is 1.58 bits per heavy atom. The molecule has 164 valence electrons. The monoisotopic (exact) mass is 430 g/mol. The average molecular weight is 430 g/mol. The van der Waals surface area contributed by atoms with Gasteiger partial charge in [0.1, 0.15) is 6.61 Å². The summed E-state index contributed by atoms with van der Waals surface area (Å²) in [7, 11) is 0. The van der Waals surface area contributed by atoms with Crippen LogP contribution in [-0.2, 0) is 30.4 Å². The molecule has 0 aromatic heterocycles. The van der Waals surface area contributed by atoms with Crippen molar-refractivity contribution in [3.63, 3.8) is 0 Å². The highest BCUT2D eigenvalue weighted by Crippen LogP contribution is 2.31. The van der Waals surface area contributed by atoms with Crippen molar-refractivity contribution in [2.45, 2.75) is 26.4 Å². The maximum Gasteiger partial charge on any atom is 0.411 e. The normalized spacial score (nSPS) is 10.3. The van der Waals surface area contributed by atoms with Crippen molar-refractivity contribution in [2.24, 2.45) is 0 Å². The summed E-state index contributed by atoms with van der Waals surface area (Å²) in [5.74, 6) is -3.56. The van der Waals surface area contributed by atoms with E-state index >= 15 is 0 Å². The molecule has 0 aliphatic rings. The summed E-state index contributed by atoms with van der Waals surface area (Å²) in [5, 5.41) is 14.0. The number of amides is 1.